The number of carboxylic acid groups (broad SMARTS) is 1. The van der Waals surface area contributed by atoms with Gasteiger partial charge in [-0.1, -0.05) is 12.1 Å². The number of hydrogen-bond donors (Lipinski definition) is 1. The summed E-state index contributed by atoms with van der Waals surface area (Å²) in [5.41, 5.74) is 2.04. The normalized spacial score (nSPS) is 10.4. The third-order valence-electron chi connectivity index (χ3n) is 2.64. The van der Waals surface area contributed by atoms with Crippen molar-refractivity contribution in [3.8, 4) is 5.69 Å². The minimum absolute atomic E-state index is 0.159. The molecule has 0 unspecified atom stereocenters. The number of aryl methyl sites for hydroxylation is 2. The number of aliphatic carboxylic acids is 1. The first kappa shape index (κ1) is 11.4. The highest BCUT2D eigenvalue weighted by Gasteiger charge is 2.03. The van der Waals surface area contributed by atoms with Gasteiger partial charge in [-0.3, -0.25) is 4.79 Å². The van der Waals surface area contributed by atoms with E-state index in [2.05, 4.69) is 4.98 Å². The van der Waals surface area contributed by atoms with Gasteiger partial charge in [0.2, 0.25) is 0 Å². The molecule has 2 aromatic rings. The van der Waals surface area contributed by atoms with Crippen LogP contribution >= 0.6 is 0 Å². The minimum atomic E-state index is -0.769. The summed E-state index contributed by atoms with van der Waals surface area (Å²) in [6.45, 7) is 1.93. The largest absolute Gasteiger partial charge is 0.481 e. The molecule has 2 rings (SSSR count). The Morgan fingerprint density at radius 3 is 2.94 bits per heavy atom. The first-order valence-electron chi connectivity index (χ1n) is 5.48. The Morgan fingerprint density at radius 2 is 2.29 bits per heavy atom. The SMILES string of the molecule is Cc1nccn1-c1cccc(CCC(=O)O)c1. The van der Waals surface area contributed by atoms with Crippen LogP contribution in [0.1, 0.15) is 17.8 Å². The van der Waals surface area contributed by atoms with E-state index in [1.807, 2.05) is 42.0 Å². The monoisotopic (exact) mass is 230 g/mol. The van der Waals surface area contributed by atoms with Gasteiger partial charge in [-0.2, -0.15) is 0 Å². The maximum Gasteiger partial charge on any atom is 0.303 e. The lowest BCUT2D eigenvalue weighted by Gasteiger charge is -2.07. The van der Waals surface area contributed by atoms with Crippen LogP contribution in [0, 0.1) is 6.92 Å². The number of carboxylic acids is 1. The standard InChI is InChI=1S/C13H14N2O2/c1-10-14-7-8-15(10)12-4-2-3-11(9-12)5-6-13(16)17/h2-4,7-9H,5-6H2,1H3,(H,16,17). The molecule has 0 atom stereocenters. The second-order valence-electron chi connectivity index (χ2n) is 3.91. The average molecular weight is 230 g/mol. The highest BCUT2D eigenvalue weighted by molar-refractivity contribution is 5.67. The number of rotatable bonds is 4. The molecule has 0 aliphatic rings. The maximum atomic E-state index is 10.5. The summed E-state index contributed by atoms with van der Waals surface area (Å²) in [4.78, 5) is 14.7. The van der Waals surface area contributed by atoms with E-state index in [9.17, 15) is 4.79 Å². The van der Waals surface area contributed by atoms with Crippen LogP contribution in [0.3, 0.4) is 0 Å². The molecule has 1 aromatic carbocycles. The van der Waals surface area contributed by atoms with E-state index >= 15 is 0 Å². The summed E-state index contributed by atoms with van der Waals surface area (Å²) >= 11 is 0. The molecule has 4 nitrogen and oxygen atoms in total. The molecule has 0 saturated heterocycles. The quantitative estimate of drug-likeness (QED) is 0.876. The number of carbonyl (C=O) groups is 1. The first-order chi connectivity index (χ1) is 8.16. The predicted molar refractivity (Wildman–Crippen MR) is 64.3 cm³/mol. The van der Waals surface area contributed by atoms with Crippen molar-refractivity contribution in [3.05, 3.63) is 48.0 Å². The van der Waals surface area contributed by atoms with Crippen molar-refractivity contribution in [2.45, 2.75) is 19.8 Å². The van der Waals surface area contributed by atoms with Crippen LogP contribution in [0.5, 0.6) is 0 Å². The van der Waals surface area contributed by atoms with E-state index in [1.54, 1.807) is 6.20 Å². The van der Waals surface area contributed by atoms with Crippen molar-refractivity contribution < 1.29 is 9.90 Å². The Kier molecular flexibility index (Phi) is 3.23. The highest BCUT2D eigenvalue weighted by Crippen LogP contribution is 2.13. The fourth-order valence-electron chi connectivity index (χ4n) is 1.76. The van der Waals surface area contributed by atoms with Crippen LogP contribution in [-0.4, -0.2) is 20.6 Å². The molecule has 17 heavy (non-hydrogen) atoms. The molecule has 1 aromatic heterocycles. The van der Waals surface area contributed by atoms with Gasteiger partial charge in [-0.25, -0.2) is 4.98 Å². The van der Waals surface area contributed by atoms with Crippen molar-refractivity contribution in [2.24, 2.45) is 0 Å². The summed E-state index contributed by atoms with van der Waals surface area (Å²) in [5, 5.41) is 8.66. The predicted octanol–water partition coefficient (Wildman–Crippen LogP) is 2.20. The van der Waals surface area contributed by atoms with Gasteiger partial charge < -0.3 is 9.67 Å². The van der Waals surface area contributed by atoms with Crippen LogP contribution in [0.25, 0.3) is 5.69 Å². The lowest BCUT2D eigenvalue weighted by Crippen LogP contribution is -1.99. The molecular weight excluding hydrogens is 216 g/mol. The molecule has 0 radical (unpaired) electrons. The number of nitrogens with zero attached hydrogens (tertiary/aromatic N) is 2. The smallest absolute Gasteiger partial charge is 0.303 e. The molecule has 0 fully saturated rings. The lowest BCUT2D eigenvalue weighted by molar-refractivity contribution is -0.136. The van der Waals surface area contributed by atoms with Crippen LogP contribution in [0.15, 0.2) is 36.7 Å². The Morgan fingerprint density at radius 1 is 1.47 bits per heavy atom. The van der Waals surface area contributed by atoms with Gasteiger partial charge in [0.25, 0.3) is 0 Å². The number of aromatic nitrogens is 2. The van der Waals surface area contributed by atoms with Crippen molar-refractivity contribution in [1.82, 2.24) is 9.55 Å². The van der Waals surface area contributed by atoms with E-state index in [0.717, 1.165) is 17.1 Å². The van der Waals surface area contributed by atoms with Gasteiger partial charge in [0, 0.05) is 24.5 Å². The molecule has 0 aliphatic heterocycles. The zero-order chi connectivity index (χ0) is 12.3. The average Bonchev–Trinajstić information content (AvgIpc) is 2.73. The molecule has 0 amide bonds. The number of imidazole rings is 1. The Labute approximate surface area is 99.5 Å². The fraction of sp³-hybridized carbons (Fsp3) is 0.231. The molecule has 0 bridgehead atoms. The number of benzene rings is 1. The molecule has 1 heterocycles. The minimum Gasteiger partial charge on any atom is -0.481 e. The Balaban J connectivity index is 2.23. The van der Waals surface area contributed by atoms with Gasteiger partial charge in [0.05, 0.1) is 0 Å². The Bertz CT molecular complexity index is 532. The molecule has 0 spiro atoms. The Hall–Kier alpha value is -2.10. The van der Waals surface area contributed by atoms with Gasteiger partial charge in [0.1, 0.15) is 5.82 Å². The van der Waals surface area contributed by atoms with E-state index in [0.29, 0.717) is 6.42 Å². The summed E-state index contributed by atoms with van der Waals surface area (Å²) in [6, 6.07) is 7.86. The van der Waals surface area contributed by atoms with E-state index in [-0.39, 0.29) is 6.42 Å². The van der Waals surface area contributed by atoms with Gasteiger partial charge in [-0.15, -0.1) is 0 Å². The van der Waals surface area contributed by atoms with Crippen molar-refractivity contribution in [3.63, 3.8) is 0 Å². The molecule has 88 valence electrons. The molecule has 4 heteroatoms. The summed E-state index contributed by atoms with van der Waals surface area (Å²) in [6.07, 6.45) is 4.36. The van der Waals surface area contributed by atoms with Gasteiger partial charge >= 0.3 is 5.97 Å². The van der Waals surface area contributed by atoms with Crippen LogP contribution in [-0.2, 0) is 11.2 Å². The van der Waals surface area contributed by atoms with Gasteiger partial charge in [0.15, 0.2) is 0 Å². The molecule has 0 saturated carbocycles. The van der Waals surface area contributed by atoms with Crippen LogP contribution in [0.2, 0.25) is 0 Å². The van der Waals surface area contributed by atoms with Crippen LogP contribution < -0.4 is 0 Å². The van der Waals surface area contributed by atoms with E-state index < -0.39 is 5.97 Å². The third kappa shape index (κ3) is 2.72. The van der Waals surface area contributed by atoms with Gasteiger partial charge in [-0.05, 0) is 31.0 Å². The maximum absolute atomic E-state index is 10.5. The topological polar surface area (TPSA) is 55.1 Å². The lowest BCUT2D eigenvalue weighted by atomic mass is 10.1. The van der Waals surface area contributed by atoms with E-state index in [4.69, 9.17) is 5.11 Å². The first-order valence-corrected chi connectivity index (χ1v) is 5.48. The van der Waals surface area contributed by atoms with Crippen molar-refractivity contribution in [1.29, 1.82) is 0 Å². The third-order valence-corrected chi connectivity index (χ3v) is 2.64. The molecule has 1 N–H and O–H groups in total. The summed E-state index contributed by atoms with van der Waals surface area (Å²) in [7, 11) is 0. The van der Waals surface area contributed by atoms with E-state index in [1.165, 1.54) is 0 Å². The summed E-state index contributed by atoms with van der Waals surface area (Å²) < 4.78 is 1.98. The highest BCUT2D eigenvalue weighted by atomic mass is 16.4. The summed E-state index contributed by atoms with van der Waals surface area (Å²) in [5.74, 6) is 0.148. The second kappa shape index (κ2) is 4.82. The second-order valence-corrected chi connectivity index (χ2v) is 3.91. The van der Waals surface area contributed by atoms with Crippen molar-refractivity contribution in [2.75, 3.05) is 0 Å². The zero-order valence-corrected chi connectivity index (χ0v) is 9.63. The zero-order valence-electron chi connectivity index (χ0n) is 9.63. The molecular formula is C13H14N2O2. The van der Waals surface area contributed by atoms with Crippen LogP contribution in [0.4, 0.5) is 0 Å². The number of hydrogen-bond acceptors (Lipinski definition) is 2. The fourth-order valence-corrected chi connectivity index (χ4v) is 1.76. The molecule has 0 aliphatic carbocycles. The van der Waals surface area contributed by atoms with Crippen molar-refractivity contribution >= 4 is 5.97 Å².